The molecule has 4 amide bonds. The topological polar surface area (TPSA) is 160 Å². The highest BCUT2D eigenvalue weighted by molar-refractivity contribution is 6.12. The Morgan fingerprint density at radius 2 is 1.35 bits per heavy atom. The van der Waals surface area contributed by atoms with Gasteiger partial charge in [-0.25, -0.2) is 9.59 Å². The molecule has 0 radical (unpaired) electrons. The van der Waals surface area contributed by atoms with Crippen LogP contribution in [-0.2, 0) is 9.59 Å². The fraction of sp³-hybridized carbons (Fsp3) is 0.485. The number of likely N-dealkylation sites (tertiary alicyclic amines) is 2. The van der Waals surface area contributed by atoms with Crippen LogP contribution in [0, 0.1) is 0 Å². The Morgan fingerprint density at radius 1 is 0.739 bits per heavy atom. The first-order chi connectivity index (χ1) is 22.3. The molecule has 3 heterocycles. The second-order valence-electron chi connectivity index (χ2n) is 11.6. The Labute approximate surface area is 266 Å². The molecule has 2 aliphatic rings. The average molecular weight is 636 g/mol. The van der Waals surface area contributed by atoms with Crippen LogP contribution in [0.2, 0.25) is 0 Å². The molecule has 13 nitrogen and oxygen atoms in total. The summed E-state index contributed by atoms with van der Waals surface area (Å²) in [6.07, 6.45) is 4.04. The van der Waals surface area contributed by atoms with E-state index in [-0.39, 0.29) is 47.0 Å². The van der Waals surface area contributed by atoms with E-state index in [2.05, 4.69) is 16.0 Å². The SMILES string of the molecule is CC(=O)c1cc2c(OC(=O)NCCCCCC(=O)N3CCC3)c3ccccc3c(OC(=O)NCCCNCC(=O)N3CCC3)c2o1. The molecule has 1 aromatic heterocycles. The number of carbonyl (C=O) groups excluding carboxylic acids is 5. The van der Waals surface area contributed by atoms with Crippen LogP contribution in [0.15, 0.2) is 34.7 Å². The standard InChI is InChI=1S/C33H41N5O8/c1-22(39)26-20-25-29(45-32(42)35-14-6-2-3-12-27(40)37-16-8-17-37)23-10-4-5-11-24(23)30(31(25)44-26)46-33(43)36-15-7-13-34-21-28(41)38-18-9-19-38/h4-5,10-11,20,34H,2-3,6-9,12-19,21H2,1H3,(H,35,42)(H,36,43). The molecular formula is C33H41N5O8. The van der Waals surface area contributed by atoms with Gasteiger partial charge in [-0.2, -0.15) is 0 Å². The quantitative estimate of drug-likeness (QED) is 0.166. The molecule has 0 atom stereocenters. The van der Waals surface area contributed by atoms with Crippen molar-refractivity contribution in [2.24, 2.45) is 0 Å². The zero-order valence-electron chi connectivity index (χ0n) is 26.2. The Bertz CT molecular complexity index is 1490. The maximum Gasteiger partial charge on any atom is 0.412 e. The van der Waals surface area contributed by atoms with Gasteiger partial charge in [-0.15, -0.1) is 0 Å². The monoisotopic (exact) mass is 635 g/mol. The number of carbonyl (C=O) groups is 5. The van der Waals surface area contributed by atoms with Crippen LogP contribution >= 0.6 is 0 Å². The van der Waals surface area contributed by atoms with Gasteiger partial charge in [0, 0.05) is 63.4 Å². The van der Waals surface area contributed by atoms with E-state index >= 15 is 0 Å². The zero-order valence-corrected chi connectivity index (χ0v) is 26.2. The van der Waals surface area contributed by atoms with Crippen LogP contribution in [0.1, 0.15) is 62.4 Å². The van der Waals surface area contributed by atoms with Gasteiger partial charge in [0.1, 0.15) is 0 Å². The fourth-order valence-corrected chi connectivity index (χ4v) is 5.29. The van der Waals surface area contributed by atoms with Crippen LogP contribution in [0.25, 0.3) is 21.7 Å². The molecule has 0 spiro atoms. The van der Waals surface area contributed by atoms with E-state index in [1.54, 1.807) is 29.2 Å². The third kappa shape index (κ3) is 8.13. The highest BCUT2D eigenvalue weighted by Crippen LogP contribution is 2.44. The first kappa shape index (κ1) is 32.7. The van der Waals surface area contributed by atoms with Crippen LogP contribution in [-0.4, -0.2) is 91.9 Å². The normalized spacial score (nSPS) is 14.0. The summed E-state index contributed by atoms with van der Waals surface area (Å²) in [5.41, 5.74) is 0.0971. The number of hydrogen-bond acceptors (Lipinski definition) is 9. The predicted molar refractivity (Wildman–Crippen MR) is 170 cm³/mol. The summed E-state index contributed by atoms with van der Waals surface area (Å²) < 4.78 is 17.3. The van der Waals surface area contributed by atoms with Crippen LogP contribution < -0.4 is 25.4 Å². The van der Waals surface area contributed by atoms with Gasteiger partial charge in [-0.3, -0.25) is 14.4 Å². The van der Waals surface area contributed by atoms with E-state index in [1.165, 1.54) is 13.0 Å². The van der Waals surface area contributed by atoms with Gasteiger partial charge >= 0.3 is 12.2 Å². The second kappa shape index (κ2) is 15.6. The number of fused-ring (bicyclic) bond motifs is 2. The molecule has 0 saturated carbocycles. The number of hydrogen-bond donors (Lipinski definition) is 3. The van der Waals surface area contributed by atoms with Gasteiger partial charge in [0.05, 0.1) is 11.9 Å². The second-order valence-corrected chi connectivity index (χ2v) is 11.6. The molecule has 3 N–H and O–H groups in total. The number of nitrogens with one attached hydrogen (secondary N) is 3. The number of ether oxygens (including phenoxy) is 2. The van der Waals surface area contributed by atoms with E-state index in [0.717, 1.165) is 51.9 Å². The molecule has 246 valence electrons. The summed E-state index contributed by atoms with van der Waals surface area (Å²) in [6.45, 7) is 6.14. The van der Waals surface area contributed by atoms with Crippen molar-refractivity contribution in [2.75, 3.05) is 52.4 Å². The number of amides is 4. The molecule has 0 aliphatic carbocycles. The third-order valence-electron chi connectivity index (χ3n) is 8.17. The summed E-state index contributed by atoms with van der Waals surface area (Å²) in [5, 5.41) is 9.79. The lowest BCUT2D eigenvalue weighted by molar-refractivity contribution is -0.135. The number of furan rings is 1. The molecule has 2 aromatic carbocycles. The Kier molecular flexibility index (Phi) is 11.1. The minimum Gasteiger partial charge on any atom is -0.449 e. The fourth-order valence-electron chi connectivity index (χ4n) is 5.29. The molecule has 46 heavy (non-hydrogen) atoms. The number of Topliss-reactive ketones (excluding diaryl/α,β-unsaturated/α-hetero) is 1. The van der Waals surface area contributed by atoms with Crippen LogP contribution in [0.4, 0.5) is 9.59 Å². The van der Waals surface area contributed by atoms with Gasteiger partial charge in [-0.1, -0.05) is 30.7 Å². The number of nitrogens with zero attached hydrogens (tertiary/aromatic N) is 2. The average Bonchev–Trinajstić information content (AvgIpc) is 3.42. The van der Waals surface area contributed by atoms with E-state index in [0.29, 0.717) is 55.1 Å². The van der Waals surface area contributed by atoms with E-state index in [1.807, 2.05) is 4.90 Å². The Balaban J connectivity index is 1.19. The summed E-state index contributed by atoms with van der Waals surface area (Å²) in [6, 6.07) is 8.41. The molecule has 3 aromatic rings. The Hall–Kier alpha value is -4.65. The van der Waals surface area contributed by atoms with Crippen molar-refractivity contribution < 1.29 is 37.9 Å². The van der Waals surface area contributed by atoms with Crippen molar-refractivity contribution in [3.63, 3.8) is 0 Å². The minimum atomic E-state index is -0.720. The maximum absolute atomic E-state index is 12.8. The smallest absolute Gasteiger partial charge is 0.412 e. The van der Waals surface area contributed by atoms with Crippen LogP contribution in [0.3, 0.4) is 0 Å². The molecule has 5 rings (SSSR count). The number of benzene rings is 2. The van der Waals surface area contributed by atoms with Crippen molar-refractivity contribution in [1.29, 1.82) is 0 Å². The van der Waals surface area contributed by atoms with Gasteiger partial charge < -0.3 is 39.6 Å². The largest absolute Gasteiger partial charge is 0.449 e. The highest BCUT2D eigenvalue weighted by atomic mass is 16.6. The number of unbranched alkanes of at least 4 members (excludes halogenated alkanes) is 2. The lowest BCUT2D eigenvalue weighted by Gasteiger charge is -2.30. The Morgan fingerprint density at radius 3 is 1.98 bits per heavy atom. The number of ketones is 1. The third-order valence-corrected chi connectivity index (χ3v) is 8.17. The van der Waals surface area contributed by atoms with E-state index < -0.39 is 12.2 Å². The molecule has 0 bridgehead atoms. The van der Waals surface area contributed by atoms with Gasteiger partial charge in [0.15, 0.2) is 28.6 Å². The molecule has 2 saturated heterocycles. The van der Waals surface area contributed by atoms with Crippen LogP contribution in [0.5, 0.6) is 11.5 Å². The lowest BCUT2D eigenvalue weighted by atomic mass is 10.1. The molecule has 0 unspecified atom stereocenters. The number of rotatable bonds is 15. The van der Waals surface area contributed by atoms with E-state index in [9.17, 15) is 24.0 Å². The lowest BCUT2D eigenvalue weighted by Crippen LogP contribution is -2.46. The van der Waals surface area contributed by atoms with E-state index in [4.69, 9.17) is 13.9 Å². The van der Waals surface area contributed by atoms with Crippen molar-refractivity contribution in [2.45, 2.75) is 51.9 Å². The summed E-state index contributed by atoms with van der Waals surface area (Å²) >= 11 is 0. The minimum absolute atomic E-state index is 0.0208. The summed E-state index contributed by atoms with van der Waals surface area (Å²) in [4.78, 5) is 65.5. The van der Waals surface area contributed by atoms with Crippen molar-refractivity contribution in [3.8, 4) is 11.5 Å². The molecule has 2 aliphatic heterocycles. The van der Waals surface area contributed by atoms with Gasteiger partial charge in [0.2, 0.25) is 11.8 Å². The maximum atomic E-state index is 12.8. The first-order valence-corrected chi connectivity index (χ1v) is 16.0. The van der Waals surface area contributed by atoms with Gasteiger partial charge in [0.25, 0.3) is 0 Å². The van der Waals surface area contributed by atoms with Crippen molar-refractivity contribution >= 4 is 51.5 Å². The van der Waals surface area contributed by atoms with Gasteiger partial charge in [-0.05, 0) is 44.7 Å². The van der Waals surface area contributed by atoms with Crippen molar-refractivity contribution in [3.05, 3.63) is 36.1 Å². The highest BCUT2D eigenvalue weighted by Gasteiger charge is 2.25. The van der Waals surface area contributed by atoms with Crippen molar-refractivity contribution in [1.82, 2.24) is 25.8 Å². The summed E-state index contributed by atoms with van der Waals surface area (Å²) in [5.74, 6) is 0.195. The zero-order chi connectivity index (χ0) is 32.5. The molecule has 2 fully saturated rings. The molecular weight excluding hydrogens is 594 g/mol. The summed E-state index contributed by atoms with van der Waals surface area (Å²) in [7, 11) is 0. The molecule has 13 heteroatoms. The predicted octanol–water partition coefficient (Wildman–Crippen LogP) is 3.97. The first-order valence-electron chi connectivity index (χ1n) is 16.0.